The minimum Gasteiger partial charge on any atom is -0.489 e. The fraction of sp³-hybridized carbons (Fsp3) is 0.147. The second kappa shape index (κ2) is 30.7. The number of aryl methyl sites for hydroxylation is 1. The summed E-state index contributed by atoms with van der Waals surface area (Å²) in [7, 11) is -8.27. The fourth-order valence-electron chi connectivity index (χ4n) is 8.72. The van der Waals surface area contributed by atoms with Gasteiger partial charge in [-0.15, -0.1) is 11.8 Å². The molecule has 13 nitrogen and oxygen atoms in total. The molecular weight excluding hydrogens is 1230 g/mol. The van der Waals surface area contributed by atoms with Gasteiger partial charge in [-0.25, -0.2) is 30.8 Å². The second-order valence-corrected chi connectivity index (χ2v) is 25.1. The summed E-state index contributed by atoms with van der Waals surface area (Å²) in [4.78, 5) is 25.2. The molecule has 0 aliphatic heterocycles. The summed E-state index contributed by atoms with van der Waals surface area (Å²) in [5.41, 5.74) is 3.39. The van der Waals surface area contributed by atoms with E-state index in [1.807, 2.05) is 64.1 Å². The molecule has 0 saturated carbocycles. The predicted octanol–water partition coefficient (Wildman–Crippen LogP) is 18.0. The Morgan fingerprint density at radius 1 is 0.573 bits per heavy atom. The van der Waals surface area contributed by atoms with E-state index in [1.165, 1.54) is 95.9 Å². The number of sulfonamides is 2. The van der Waals surface area contributed by atoms with Crippen LogP contribution in [0, 0.1) is 5.82 Å². The molecule has 0 fully saturated rings. The number of nitrogens with one attached hydrogen (secondary N) is 2. The number of halogens is 4. The van der Waals surface area contributed by atoms with Gasteiger partial charge in [0.1, 0.15) is 41.2 Å². The number of carboxylic acids is 2. The van der Waals surface area contributed by atoms with E-state index in [-0.39, 0.29) is 56.5 Å². The van der Waals surface area contributed by atoms with Crippen molar-refractivity contribution in [1.29, 1.82) is 0 Å². The predicted molar refractivity (Wildman–Crippen MR) is 344 cm³/mol. The smallest absolute Gasteiger partial charge is 0.416 e. The van der Waals surface area contributed by atoms with Crippen LogP contribution in [0.2, 0.25) is 0 Å². The lowest BCUT2D eigenvalue weighted by atomic mass is 9.90. The van der Waals surface area contributed by atoms with Crippen molar-refractivity contribution in [2.75, 3.05) is 15.2 Å². The molecule has 0 bridgehead atoms. The highest BCUT2D eigenvalue weighted by atomic mass is 32.2. The Bertz CT molecular complexity index is 4100. The van der Waals surface area contributed by atoms with Crippen LogP contribution in [-0.4, -0.2) is 44.7 Å². The molecule has 9 aromatic carbocycles. The standard InChI is InChI=1S/C36H29F4NO6S.C30H29NO5S2.C2H4S/c1-22(2)31-20-34(41-48(44,45)30-16-14-28(15-17-30)47-27-12-10-26(37)11-13-27)33(35(42)43)19-32(31)24-8-6-23(7-9-24)21-46-29-5-3-4-25(18-29)36(38,39)40;1-21(2)26-19-28(27(30(32)33)20-29(26)37-18-17-22-9-5-3-6-10-22)31-38(34,35)25-15-13-24(14-16-25)36-23-11-7-4-8-12-23;1-2-3/h3-20,22,41H,21H2,1-2H3,(H,42,43);3-16,19-21,31H,17-18H2,1-2H3,(H,32,33);2-3H,1H2. The van der Waals surface area contributed by atoms with Crippen molar-refractivity contribution >= 4 is 67.8 Å². The van der Waals surface area contributed by atoms with E-state index < -0.39 is 49.5 Å². The Balaban J connectivity index is 0.000000249. The number of carboxylic acid groups (broad SMARTS) is 2. The van der Waals surface area contributed by atoms with Gasteiger partial charge in [0.2, 0.25) is 0 Å². The van der Waals surface area contributed by atoms with Crippen LogP contribution >= 0.6 is 24.4 Å². The van der Waals surface area contributed by atoms with Gasteiger partial charge in [-0.05, 0) is 184 Å². The number of carbonyl (C=O) groups is 2. The van der Waals surface area contributed by atoms with Crippen LogP contribution in [0.4, 0.5) is 28.9 Å². The summed E-state index contributed by atoms with van der Waals surface area (Å²) >= 11 is 5.13. The Labute approximate surface area is 524 Å². The molecule has 0 saturated heterocycles. The number of thiol groups is 1. The largest absolute Gasteiger partial charge is 0.489 e. The van der Waals surface area contributed by atoms with E-state index in [4.69, 9.17) is 14.2 Å². The minimum absolute atomic E-state index is 0.000929. The number of aromatic carboxylic acids is 2. The van der Waals surface area contributed by atoms with Crippen LogP contribution in [0.5, 0.6) is 28.7 Å². The molecule has 0 heterocycles. The van der Waals surface area contributed by atoms with E-state index in [9.17, 15) is 54.2 Å². The summed E-state index contributed by atoms with van der Waals surface area (Å²) in [5, 5.41) is 21.4. The van der Waals surface area contributed by atoms with Crippen molar-refractivity contribution < 1.29 is 68.4 Å². The Morgan fingerprint density at radius 3 is 1.51 bits per heavy atom. The molecule has 0 unspecified atom stereocenters. The lowest BCUT2D eigenvalue weighted by molar-refractivity contribution is -0.137. The number of rotatable bonds is 22. The Kier molecular flexibility index (Phi) is 23.3. The van der Waals surface area contributed by atoms with Crippen LogP contribution < -0.4 is 23.7 Å². The van der Waals surface area contributed by atoms with Crippen molar-refractivity contribution in [3.63, 3.8) is 0 Å². The number of benzene rings is 9. The van der Waals surface area contributed by atoms with Crippen LogP contribution in [0.15, 0.2) is 233 Å². The molecule has 9 aromatic rings. The SMILES string of the molecule is C=CS.CC(C)c1cc(NS(=O)(=O)c2ccc(Oc3ccc(F)cc3)cc2)c(C(=O)O)cc1-c1ccc(COc2cccc(C(F)(F)F)c2)cc1.CC(C)c1cc(NS(=O)(=O)c2ccc(Oc3ccccc3)cc2)c(C(=O)O)cc1SCCc1ccccc1. The third-order valence-electron chi connectivity index (χ3n) is 13.2. The van der Waals surface area contributed by atoms with Gasteiger partial charge in [-0.2, -0.15) is 25.8 Å². The number of hydrogen-bond donors (Lipinski definition) is 5. The molecule has 21 heteroatoms. The lowest BCUT2D eigenvalue weighted by Gasteiger charge is -2.19. The Hall–Kier alpha value is -9.02. The maximum atomic E-state index is 13.3. The molecule has 0 aliphatic carbocycles. The van der Waals surface area contributed by atoms with Crippen molar-refractivity contribution in [3.05, 3.63) is 263 Å². The molecule has 0 aromatic heterocycles. The average molecular weight is 1290 g/mol. The van der Waals surface area contributed by atoms with Gasteiger partial charge in [-0.3, -0.25) is 9.44 Å². The van der Waals surface area contributed by atoms with Gasteiger partial charge >= 0.3 is 18.1 Å². The fourth-order valence-corrected chi connectivity index (χ4v) is 12.1. The lowest BCUT2D eigenvalue weighted by Crippen LogP contribution is -2.16. The highest BCUT2D eigenvalue weighted by Gasteiger charge is 2.31. The number of thioether (sulfide) groups is 1. The summed E-state index contributed by atoms with van der Waals surface area (Å²) in [5.74, 6) is -0.429. The number of ether oxygens (including phenoxy) is 3. The number of para-hydroxylation sites is 1. The molecule has 89 heavy (non-hydrogen) atoms. The normalized spacial score (nSPS) is 11.3. The minimum atomic E-state index is -4.49. The molecule has 9 rings (SSSR count). The highest BCUT2D eigenvalue weighted by molar-refractivity contribution is 7.99. The van der Waals surface area contributed by atoms with Gasteiger partial charge in [0.15, 0.2) is 0 Å². The van der Waals surface area contributed by atoms with Crippen molar-refractivity contribution in [2.24, 2.45) is 0 Å². The van der Waals surface area contributed by atoms with Crippen LogP contribution in [0.25, 0.3) is 11.1 Å². The highest BCUT2D eigenvalue weighted by Crippen LogP contribution is 2.38. The summed E-state index contributed by atoms with van der Waals surface area (Å²) in [6, 6.07) is 53.6. The summed E-state index contributed by atoms with van der Waals surface area (Å²) < 4.78 is 127. The first kappa shape index (κ1) is 67.5. The zero-order chi connectivity index (χ0) is 64.5. The maximum absolute atomic E-state index is 13.3. The van der Waals surface area contributed by atoms with Crippen LogP contribution in [0.3, 0.4) is 0 Å². The van der Waals surface area contributed by atoms with Crippen molar-refractivity contribution in [3.8, 4) is 39.9 Å². The average Bonchev–Trinajstić information content (AvgIpc) is 1.78. The summed E-state index contributed by atoms with van der Waals surface area (Å²) in [6.45, 7) is 11.0. The van der Waals surface area contributed by atoms with E-state index in [0.29, 0.717) is 45.3 Å². The van der Waals surface area contributed by atoms with Gasteiger partial charge in [0.25, 0.3) is 20.0 Å². The molecule has 0 atom stereocenters. The van der Waals surface area contributed by atoms with Crippen LogP contribution in [-0.2, 0) is 39.3 Å². The zero-order valence-corrected chi connectivity index (χ0v) is 51.8. The van der Waals surface area contributed by atoms with Crippen molar-refractivity contribution in [1.82, 2.24) is 0 Å². The quantitative estimate of drug-likeness (QED) is 0.0245. The van der Waals surface area contributed by atoms with E-state index >= 15 is 0 Å². The topological polar surface area (TPSA) is 195 Å². The Morgan fingerprint density at radius 2 is 1.02 bits per heavy atom. The molecular formula is C68H62F4N2O11S4. The number of hydrogen-bond acceptors (Lipinski definition) is 11. The molecule has 462 valence electrons. The number of alkyl halides is 3. The van der Waals surface area contributed by atoms with Gasteiger partial charge in [-0.1, -0.05) is 113 Å². The molecule has 0 aliphatic rings. The van der Waals surface area contributed by atoms with Crippen molar-refractivity contribution in [2.45, 2.75) is 73.4 Å². The molecule has 0 amide bonds. The summed E-state index contributed by atoms with van der Waals surface area (Å²) in [6.07, 6.45) is -3.66. The molecule has 0 spiro atoms. The van der Waals surface area contributed by atoms with Crippen LogP contribution in [0.1, 0.15) is 88.1 Å². The third kappa shape index (κ3) is 19.2. The van der Waals surface area contributed by atoms with Gasteiger partial charge < -0.3 is 24.4 Å². The molecule has 4 N–H and O–H groups in total. The van der Waals surface area contributed by atoms with E-state index in [1.54, 1.807) is 72.4 Å². The first-order valence-electron chi connectivity index (χ1n) is 27.4. The molecule has 0 radical (unpaired) electrons. The zero-order valence-electron chi connectivity index (χ0n) is 48.4. The van der Waals surface area contributed by atoms with E-state index in [0.717, 1.165) is 34.8 Å². The first-order chi connectivity index (χ1) is 42.3. The van der Waals surface area contributed by atoms with E-state index in [2.05, 4.69) is 40.8 Å². The second-order valence-electron chi connectivity index (χ2n) is 20.2. The van der Waals surface area contributed by atoms with Gasteiger partial charge in [0.05, 0.1) is 37.9 Å². The monoisotopic (exact) mass is 1290 g/mol. The first-order valence-corrected chi connectivity index (χ1v) is 31.9. The number of anilines is 2. The maximum Gasteiger partial charge on any atom is 0.416 e. The van der Waals surface area contributed by atoms with Gasteiger partial charge in [0, 0.05) is 10.6 Å². The third-order valence-corrected chi connectivity index (χ3v) is 17.0.